The quantitative estimate of drug-likeness (QED) is 0.173. The summed E-state index contributed by atoms with van der Waals surface area (Å²) >= 11 is 3.74. The first-order valence-corrected chi connectivity index (χ1v) is 21.9. The maximum absolute atomic E-state index is 6.59. The first-order valence-electron chi connectivity index (χ1n) is 21.1. The second-order valence-electron chi connectivity index (χ2n) is 16.2. The van der Waals surface area contributed by atoms with Crippen LogP contribution in [0.2, 0.25) is 0 Å². The summed E-state index contributed by atoms with van der Waals surface area (Å²) in [6, 6.07) is 57.0. The molecular weight excluding hydrogens is 885 g/mol. The molecule has 5 aromatic carbocycles. The van der Waals surface area contributed by atoms with Gasteiger partial charge in [0, 0.05) is 33.8 Å². The molecule has 1 N–H and O–H groups in total. The molecule has 3 aromatic heterocycles. The van der Waals surface area contributed by atoms with E-state index in [-0.39, 0.29) is 34.6 Å². The molecule has 8 heteroatoms. The predicted octanol–water partition coefficient (Wildman–Crippen LogP) is 13.3. The Morgan fingerprint density at radius 3 is 1.54 bits per heavy atom. The van der Waals surface area contributed by atoms with Crippen LogP contribution >= 0.6 is 15.9 Å². The topological polar surface area (TPSA) is 75.2 Å². The fourth-order valence-electron chi connectivity index (χ4n) is 9.78. The van der Waals surface area contributed by atoms with Gasteiger partial charge in [-0.25, -0.2) is 9.97 Å². The summed E-state index contributed by atoms with van der Waals surface area (Å²) in [6.45, 7) is 0.691. The zero-order valence-electron chi connectivity index (χ0n) is 33.9. The Balaban J connectivity index is 0.00000444. The zero-order chi connectivity index (χ0) is 41.1. The normalized spacial score (nSPS) is 17.3. The summed E-state index contributed by atoms with van der Waals surface area (Å²) in [7, 11) is 0. The molecule has 1 saturated heterocycles. The first-order chi connectivity index (χ1) is 30.6. The van der Waals surface area contributed by atoms with Crippen molar-refractivity contribution in [3.05, 3.63) is 197 Å². The van der Waals surface area contributed by atoms with Crippen LogP contribution in [0.5, 0.6) is 0 Å². The van der Waals surface area contributed by atoms with Gasteiger partial charge in [0.25, 0.3) is 0 Å². The number of anilines is 1. The minimum absolute atomic E-state index is 0. The number of hydrogen-bond acceptors (Lipinski definition) is 4. The van der Waals surface area contributed by atoms with Gasteiger partial charge in [-0.3, -0.25) is 0 Å². The van der Waals surface area contributed by atoms with Crippen molar-refractivity contribution in [3.63, 3.8) is 0 Å². The van der Waals surface area contributed by atoms with Crippen molar-refractivity contribution in [2.45, 2.75) is 18.6 Å². The Labute approximate surface area is 383 Å². The van der Waals surface area contributed by atoms with Crippen LogP contribution < -0.4 is 15.3 Å². The van der Waals surface area contributed by atoms with Crippen molar-refractivity contribution in [2.24, 2.45) is 5.92 Å². The number of nitrogens with one attached hydrogen (secondary N) is 1. The van der Waals surface area contributed by atoms with Crippen LogP contribution in [-0.4, -0.2) is 22.6 Å². The standard InChI is InChI=1S/C55H38BrN5O.Ni/c56-37-21-22-41-39(31-37)55-38(29-30-62-55)53(60-41)40-32-48-51(35-17-9-3-10-18-35)46-26-25-44(58-46)49(33-13-5-1-6-14-33)42-23-24-43(57-42)50(34-15-7-2-8-16-34)45-27-28-47(59-45)52(54(40)61-48)36-19-11-4-12-20-36;/h1-28,31-32,38,53,55,60H,29-30H2;/q-2;+2/t38-,53+,55-;/m1./s1. The van der Waals surface area contributed by atoms with E-state index in [4.69, 9.17) is 24.7 Å². The van der Waals surface area contributed by atoms with E-state index in [1.807, 2.05) is 12.1 Å². The molecule has 63 heavy (non-hydrogen) atoms. The molecular formula is C55H38BrN5NiO. The van der Waals surface area contributed by atoms with Gasteiger partial charge in [-0.1, -0.05) is 162 Å². The molecule has 0 amide bonds. The number of ether oxygens (including phenoxy) is 1. The number of fused-ring (bicyclic) bond motifs is 11. The average Bonchev–Trinajstić information content (AvgIpc) is 4.19. The minimum atomic E-state index is -0.0982. The molecule has 6 nitrogen and oxygen atoms in total. The number of halogens is 1. The van der Waals surface area contributed by atoms with Gasteiger partial charge in [0.15, 0.2) is 0 Å². The molecule has 12 rings (SSSR count). The molecule has 4 aliphatic rings. The molecule has 1 fully saturated rings. The number of aromatic nitrogens is 4. The Hall–Kier alpha value is -6.57. The Morgan fingerprint density at radius 1 is 0.540 bits per heavy atom. The third-order valence-electron chi connectivity index (χ3n) is 12.5. The first kappa shape index (κ1) is 39.3. The zero-order valence-corrected chi connectivity index (χ0v) is 36.4. The largest absolute Gasteiger partial charge is 2.00 e. The average molecular weight is 924 g/mol. The fraction of sp³-hybridized carbons (Fsp3) is 0.0909. The van der Waals surface area contributed by atoms with Gasteiger partial charge in [0.2, 0.25) is 0 Å². The van der Waals surface area contributed by atoms with Crippen LogP contribution in [0.3, 0.4) is 0 Å². The molecule has 7 heterocycles. The summed E-state index contributed by atoms with van der Waals surface area (Å²) in [5, 5.41) is 4.03. The monoisotopic (exact) mass is 921 g/mol. The maximum Gasteiger partial charge on any atom is 2.00 e. The Bertz CT molecular complexity index is 3270. The molecule has 0 radical (unpaired) electrons. The van der Waals surface area contributed by atoms with Crippen LogP contribution in [0.25, 0.3) is 90.4 Å². The van der Waals surface area contributed by atoms with Crippen LogP contribution in [0.4, 0.5) is 5.69 Å². The van der Waals surface area contributed by atoms with Gasteiger partial charge in [-0.15, -0.1) is 22.1 Å². The molecule has 0 spiro atoms. The summed E-state index contributed by atoms with van der Waals surface area (Å²) in [5.74, 6) is 0.171. The van der Waals surface area contributed by atoms with Gasteiger partial charge < -0.3 is 20.0 Å². The van der Waals surface area contributed by atoms with E-state index in [1.54, 1.807) is 0 Å². The number of rotatable bonds is 5. The summed E-state index contributed by atoms with van der Waals surface area (Å²) in [5.41, 5.74) is 18.2. The molecule has 0 unspecified atom stereocenters. The van der Waals surface area contributed by atoms with Crippen LogP contribution in [-0.2, 0) is 21.2 Å². The van der Waals surface area contributed by atoms with Crippen molar-refractivity contribution < 1.29 is 21.2 Å². The molecule has 3 atom stereocenters. The fourth-order valence-corrected chi connectivity index (χ4v) is 10.2. The van der Waals surface area contributed by atoms with Crippen LogP contribution in [0, 0.1) is 5.92 Å². The van der Waals surface area contributed by atoms with Crippen LogP contribution in [0.15, 0.2) is 168 Å². The van der Waals surface area contributed by atoms with Gasteiger partial charge in [-0.05, 0) is 87.4 Å². The van der Waals surface area contributed by atoms with E-state index >= 15 is 0 Å². The summed E-state index contributed by atoms with van der Waals surface area (Å²) in [6.07, 6.45) is 7.40. The number of hydrogen-bond donors (Lipinski definition) is 1. The van der Waals surface area contributed by atoms with Gasteiger partial charge >= 0.3 is 16.5 Å². The van der Waals surface area contributed by atoms with Crippen LogP contribution in [0.1, 0.15) is 40.9 Å². The SMILES string of the molecule is Brc1ccc2c(c1)[C@@H]1OCC[C@@H]1[C@@H](C1=Cc3nc1c(-c1ccccc1)c1ccc([n-]1)c(-c1ccccc1)c1nc(c(-c4ccccc4)c4ccc([n-]4)c3-c3ccccc3)C=C1)N2.[Ni+2]. The molecule has 8 aromatic rings. The van der Waals surface area contributed by atoms with Gasteiger partial charge in [0.05, 0.1) is 34.9 Å². The van der Waals surface area contributed by atoms with Crippen molar-refractivity contribution in [2.75, 3.05) is 11.9 Å². The number of benzene rings is 5. The Kier molecular flexibility index (Phi) is 10.2. The molecule has 0 aliphatic carbocycles. The second-order valence-corrected chi connectivity index (χ2v) is 17.1. The minimum Gasteiger partial charge on any atom is -0.657 e. The third kappa shape index (κ3) is 6.90. The smallest absolute Gasteiger partial charge is 0.657 e. The maximum atomic E-state index is 6.59. The summed E-state index contributed by atoms with van der Waals surface area (Å²) < 4.78 is 7.63. The second kappa shape index (κ2) is 16.3. The Morgan fingerprint density at radius 2 is 1.02 bits per heavy atom. The van der Waals surface area contributed by atoms with Crippen molar-refractivity contribution in [1.29, 1.82) is 0 Å². The van der Waals surface area contributed by atoms with E-state index in [1.165, 1.54) is 5.56 Å². The van der Waals surface area contributed by atoms with E-state index < -0.39 is 0 Å². The van der Waals surface area contributed by atoms with Crippen molar-refractivity contribution in [1.82, 2.24) is 19.9 Å². The predicted molar refractivity (Wildman–Crippen MR) is 256 cm³/mol. The molecule has 8 bridgehead atoms. The van der Waals surface area contributed by atoms with Gasteiger partial charge in [-0.2, -0.15) is 0 Å². The van der Waals surface area contributed by atoms with E-state index in [2.05, 4.69) is 191 Å². The molecule has 0 saturated carbocycles. The number of nitrogens with zero attached hydrogens (tertiary/aromatic N) is 4. The van der Waals surface area contributed by atoms with Gasteiger partial charge in [0.1, 0.15) is 0 Å². The van der Waals surface area contributed by atoms with E-state index in [0.717, 1.165) is 112 Å². The molecule has 4 aliphatic heterocycles. The third-order valence-corrected chi connectivity index (χ3v) is 13.0. The van der Waals surface area contributed by atoms with E-state index in [9.17, 15) is 0 Å². The van der Waals surface area contributed by atoms with Crippen molar-refractivity contribution in [3.8, 4) is 44.5 Å². The van der Waals surface area contributed by atoms with Crippen molar-refractivity contribution >= 4 is 67.5 Å². The molecule has 306 valence electrons. The van der Waals surface area contributed by atoms with E-state index in [0.29, 0.717) is 6.61 Å². The summed E-state index contributed by atoms with van der Waals surface area (Å²) in [4.78, 5) is 22.3.